The van der Waals surface area contributed by atoms with E-state index < -0.39 is 10.0 Å². The van der Waals surface area contributed by atoms with Gasteiger partial charge in [-0.3, -0.25) is 0 Å². The first kappa shape index (κ1) is 7.87. The van der Waals surface area contributed by atoms with Gasteiger partial charge in [0.15, 0.2) is 0 Å². The molecule has 2 N–H and O–H groups in total. The predicted molar refractivity (Wildman–Crippen MR) is 29.0 cm³/mol. The van der Waals surface area contributed by atoms with E-state index in [1.807, 2.05) is 0 Å². The van der Waals surface area contributed by atoms with Crippen LogP contribution in [0.1, 0.15) is 13.3 Å². The van der Waals surface area contributed by atoms with Gasteiger partial charge in [0.1, 0.15) is 0 Å². The predicted octanol–water partition coefficient (Wildman–Crippen LogP) is -0.295. The van der Waals surface area contributed by atoms with Gasteiger partial charge in [-0.25, -0.2) is 8.42 Å². The maximum atomic E-state index is 10.2. The second kappa shape index (κ2) is 3.01. The molecular formula is C3H9NO3S. The Labute approximate surface area is 48.5 Å². The van der Waals surface area contributed by atoms with Crippen molar-refractivity contribution in [3.05, 3.63) is 0 Å². The fourth-order valence-corrected chi connectivity index (χ4v) is 0.943. The molecule has 0 aromatic rings. The molecule has 0 heterocycles. The van der Waals surface area contributed by atoms with Gasteiger partial charge < -0.3 is 5.21 Å². The van der Waals surface area contributed by atoms with Gasteiger partial charge in [0.25, 0.3) is 0 Å². The van der Waals surface area contributed by atoms with Crippen molar-refractivity contribution < 1.29 is 13.6 Å². The van der Waals surface area contributed by atoms with Gasteiger partial charge in [-0.2, -0.15) is 0 Å². The Morgan fingerprint density at radius 2 is 2.12 bits per heavy atom. The van der Waals surface area contributed by atoms with Crippen molar-refractivity contribution in [2.45, 2.75) is 13.3 Å². The van der Waals surface area contributed by atoms with E-state index in [1.54, 1.807) is 6.92 Å². The van der Waals surface area contributed by atoms with Crippen molar-refractivity contribution in [3.63, 3.8) is 0 Å². The average molecular weight is 139 g/mol. The van der Waals surface area contributed by atoms with Crippen LogP contribution in [0.5, 0.6) is 0 Å². The minimum absolute atomic E-state index is 0.0243. The molecule has 8 heavy (non-hydrogen) atoms. The maximum Gasteiger partial charge on any atom is 0.233 e. The third-order valence-electron chi connectivity index (χ3n) is 0.612. The van der Waals surface area contributed by atoms with E-state index in [1.165, 1.54) is 4.89 Å². The molecule has 0 aliphatic rings. The van der Waals surface area contributed by atoms with Crippen molar-refractivity contribution in [1.29, 1.82) is 0 Å². The van der Waals surface area contributed by atoms with Crippen molar-refractivity contribution >= 4 is 10.0 Å². The van der Waals surface area contributed by atoms with Crippen LogP contribution in [0.3, 0.4) is 0 Å². The van der Waals surface area contributed by atoms with Gasteiger partial charge in [-0.1, -0.05) is 11.8 Å². The number of hydrogen-bond donors (Lipinski definition) is 2. The van der Waals surface area contributed by atoms with Gasteiger partial charge in [0, 0.05) is 0 Å². The fourth-order valence-electron chi connectivity index (χ4n) is 0.314. The van der Waals surface area contributed by atoms with Crippen LogP contribution in [0.25, 0.3) is 0 Å². The first-order valence-corrected chi connectivity index (χ1v) is 3.91. The fraction of sp³-hybridized carbons (Fsp3) is 1.00. The lowest BCUT2D eigenvalue weighted by molar-refractivity contribution is 0.242. The molecule has 0 amide bonds. The van der Waals surface area contributed by atoms with Crippen LogP contribution in [-0.4, -0.2) is 19.4 Å². The Kier molecular flexibility index (Phi) is 2.96. The van der Waals surface area contributed by atoms with E-state index in [0.717, 1.165) is 0 Å². The second-order valence-electron chi connectivity index (χ2n) is 1.41. The topological polar surface area (TPSA) is 66.4 Å². The third kappa shape index (κ3) is 2.95. The Bertz CT molecular complexity index is 139. The number of nitrogens with one attached hydrogen (secondary N) is 1. The summed E-state index contributed by atoms with van der Waals surface area (Å²) >= 11 is 0. The molecule has 0 aliphatic heterocycles. The molecule has 50 valence electrons. The van der Waals surface area contributed by atoms with Crippen LogP contribution in [0.2, 0.25) is 0 Å². The quantitative estimate of drug-likeness (QED) is 0.528. The first-order chi connectivity index (χ1) is 3.62. The van der Waals surface area contributed by atoms with Gasteiger partial charge in [0.2, 0.25) is 10.0 Å². The normalized spacial score (nSPS) is 11.8. The summed E-state index contributed by atoms with van der Waals surface area (Å²) in [5, 5.41) is 7.89. The zero-order chi connectivity index (χ0) is 6.62. The lowest BCUT2D eigenvalue weighted by Crippen LogP contribution is -2.21. The Balaban J connectivity index is 3.76. The van der Waals surface area contributed by atoms with E-state index >= 15 is 0 Å². The molecule has 0 radical (unpaired) electrons. The first-order valence-electron chi connectivity index (χ1n) is 2.26. The summed E-state index contributed by atoms with van der Waals surface area (Å²) in [6.45, 7) is 1.72. The molecule has 5 heteroatoms. The second-order valence-corrected chi connectivity index (χ2v) is 3.23. The summed E-state index contributed by atoms with van der Waals surface area (Å²) < 4.78 is 20.5. The molecule has 0 saturated heterocycles. The zero-order valence-corrected chi connectivity index (χ0v) is 5.40. The Morgan fingerprint density at radius 3 is 2.25 bits per heavy atom. The molecule has 0 bridgehead atoms. The highest BCUT2D eigenvalue weighted by Crippen LogP contribution is 1.84. The molecule has 0 saturated carbocycles. The Morgan fingerprint density at radius 1 is 1.62 bits per heavy atom. The highest BCUT2D eigenvalue weighted by Gasteiger charge is 2.03. The van der Waals surface area contributed by atoms with Crippen LogP contribution in [0.4, 0.5) is 0 Å². The molecule has 0 aromatic heterocycles. The van der Waals surface area contributed by atoms with Crippen molar-refractivity contribution in [2.75, 3.05) is 5.75 Å². The smallest absolute Gasteiger partial charge is 0.233 e. The lowest BCUT2D eigenvalue weighted by atomic mass is 10.6. The highest BCUT2D eigenvalue weighted by atomic mass is 32.2. The summed E-state index contributed by atoms with van der Waals surface area (Å²) in [5.74, 6) is -0.0243. The standard InChI is InChI=1S/C3H9NO3S/c1-2-3-8(6,7)4-5/h4-5H,2-3H2,1H3. The molecule has 0 atom stereocenters. The van der Waals surface area contributed by atoms with E-state index in [-0.39, 0.29) is 5.75 Å². The van der Waals surface area contributed by atoms with Gasteiger partial charge in [0.05, 0.1) is 5.75 Å². The molecule has 4 nitrogen and oxygen atoms in total. The van der Waals surface area contributed by atoms with Gasteiger partial charge in [-0.05, 0) is 6.42 Å². The van der Waals surface area contributed by atoms with Crippen molar-refractivity contribution in [3.8, 4) is 0 Å². The molecular weight excluding hydrogens is 130 g/mol. The summed E-state index contributed by atoms with van der Waals surface area (Å²) in [7, 11) is -3.36. The van der Waals surface area contributed by atoms with Crippen LogP contribution in [0.15, 0.2) is 0 Å². The third-order valence-corrected chi connectivity index (χ3v) is 1.84. The van der Waals surface area contributed by atoms with Crippen LogP contribution < -0.4 is 4.89 Å². The van der Waals surface area contributed by atoms with Crippen LogP contribution >= 0.6 is 0 Å². The minimum atomic E-state index is -3.36. The molecule has 0 rings (SSSR count). The molecule has 0 fully saturated rings. The summed E-state index contributed by atoms with van der Waals surface area (Å²) in [6, 6.07) is 0. The molecule has 0 spiro atoms. The lowest BCUT2D eigenvalue weighted by Gasteiger charge is -1.94. The molecule has 0 unspecified atom stereocenters. The monoisotopic (exact) mass is 139 g/mol. The van der Waals surface area contributed by atoms with Crippen LogP contribution in [0, 0.1) is 0 Å². The number of rotatable bonds is 3. The summed E-state index contributed by atoms with van der Waals surface area (Å²) in [5.41, 5.74) is 0. The van der Waals surface area contributed by atoms with Gasteiger partial charge >= 0.3 is 0 Å². The van der Waals surface area contributed by atoms with Crippen LogP contribution in [-0.2, 0) is 10.0 Å². The van der Waals surface area contributed by atoms with E-state index in [4.69, 9.17) is 5.21 Å². The zero-order valence-electron chi connectivity index (χ0n) is 4.59. The maximum absolute atomic E-state index is 10.2. The van der Waals surface area contributed by atoms with E-state index in [9.17, 15) is 8.42 Å². The largest absolute Gasteiger partial charge is 0.302 e. The SMILES string of the molecule is CCCS(=O)(=O)NO. The van der Waals surface area contributed by atoms with Crippen molar-refractivity contribution in [1.82, 2.24) is 4.89 Å². The van der Waals surface area contributed by atoms with Crippen molar-refractivity contribution in [2.24, 2.45) is 0 Å². The minimum Gasteiger partial charge on any atom is -0.302 e. The number of sulfonamides is 1. The highest BCUT2D eigenvalue weighted by molar-refractivity contribution is 7.89. The molecule has 0 aromatic carbocycles. The number of hydrogen-bond acceptors (Lipinski definition) is 3. The van der Waals surface area contributed by atoms with E-state index in [0.29, 0.717) is 6.42 Å². The molecule has 0 aliphatic carbocycles. The summed E-state index contributed by atoms with van der Waals surface area (Å²) in [4.78, 5) is 1.21. The summed E-state index contributed by atoms with van der Waals surface area (Å²) in [6.07, 6.45) is 0.510. The van der Waals surface area contributed by atoms with Gasteiger partial charge in [-0.15, -0.1) is 0 Å². The Hall–Kier alpha value is -0.130. The average Bonchev–Trinajstić information content (AvgIpc) is 1.67. The van der Waals surface area contributed by atoms with E-state index in [2.05, 4.69) is 0 Å².